The normalized spacial score (nSPS) is 10.2. The van der Waals surface area contributed by atoms with E-state index in [2.05, 4.69) is 0 Å². The number of amides is 2. The van der Waals surface area contributed by atoms with Crippen molar-refractivity contribution in [3.05, 3.63) is 46.7 Å². The van der Waals surface area contributed by atoms with E-state index in [1.807, 2.05) is 35.7 Å². The molecular formula is C15H16N2O2S. The van der Waals surface area contributed by atoms with E-state index in [9.17, 15) is 9.59 Å². The van der Waals surface area contributed by atoms with Gasteiger partial charge < -0.3 is 9.80 Å². The van der Waals surface area contributed by atoms with Gasteiger partial charge in [-0.3, -0.25) is 9.59 Å². The van der Waals surface area contributed by atoms with Crippen LogP contribution in [0.25, 0.3) is 0 Å². The Balaban J connectivity index is 2.17. The van der Waals surface area contributed by atoms with Gasteiger partial charge in [0.05, 0.1) is 4.88 Å². The molecule has 1 heterocycles. The van der Waals surface area contributed by atoms with Gasteiger partial charge in [0.15, 0.2) is 0 Å². The second-order valence-electron chi connectivity index (χ2n) is 4.44. The number of nitrogens with zero attached hydrogens (tertiary/aromatic N) is 2. The van der Waals surface area contributed by atoms with Gasteiger partial charge >= 0.3 is 0 Å². The summed E-state index contributed by atoms with van der Waals surface area (Å²) in [4.78, 5) is 27.4. The quantitative estimate of drug-likeness (QED) is 0.871. The van der Waals surface area contributed by atoms with Gasteiger partial charge in [-0.2, -0.15) is 0 Å². The molecule has 1 aromatic carbocycles. The van der Waals surface area contributed by atoms with E-state index in [-0.39, 0.29) is 11.8 Å². The second kappa shape index (κ2) is 5.88. The van der Waals surface area contributed by atoms with Crippen molar-refractivity contribution < 1.29 is 9.59 Å². The SMILES string of the molecule is CC(=O)N(C)c1ccc(N(C)C(=O)c2cccs2)cc1. The lowest BCUT2D eigenvalue weighted by Gasteiger charge is -2.19. The lowest BCUT2D eigenvalue weighted by molar-refractivity contribution is -0.116. The van der Waals surface area contributed by atoms with E-state index in [1.54, 1.807) is 30.0 Å². The molecule has 0 unspecified atom stereocenters. The van der Waals surface area contributed by atoms with Crippen LogP contribution < -0.4 is 9.80 Å². The molecular weight excluding hydrogens is 272 g/mol. The summed E-state index contributed by atoms with van der Waals surface area (Å²) in [6.07, 6.45) is 0. The van der Waals surface area contributed by atoms with Crippen molar-refractivity contribution in [2.24, 2.45) is 0 Å². The van der Waals surface area contributed by atoms with Crippen molar-refractivity contribution in [2.75, 3.05) is 23.9 Å². The number of anilines is 2. The van der Waals surface area contributed by atoms with Gasteiger partial charge in [0.1, 0.15) is 0 Å². The Bertz CT molecular complexity index is 605. The molecule has 0 bridgehead atoms. The van der Waals surface area contributed by atoms with Gasteiger partial charge in [0.25, 0.3) is 5.91 Å². The molecule has 104 valence electrons. The molecule has 0 saturated heterocycles. The molecule has 4 nitrogen and oxygen atoms in total. The van der Waals surface area contributed by atoms with Crippen LogP contribution in [0.3, 0.4) is 0 Å². The van der Waals surface area contributed by atoms with Crippen molar-refractivity contribution >= 4 is 34.5 Å². The van der Waals surface area contributed by atoms with E-state index in [0.29, 0.717) is 4.88 Å². The maximum atomic E-state index is 12.2. The summed E-state index contributed by atoms with van der Waals surface area (Å²) in [6, 6.07) is 11.0. The van der Waals surface area contributed by atoms with Crippen molar-refractivity contribution in [2.45, 2.75) is 6.92 Å². The molecule has 2 amide bonds. The van der Waals surface area contributed by atoms with Crippen LogP contribution in [0.15, 0.2) is 41.8 Å². The number of carbonyl (C=O) groups excluding carboxylic acids is 2. The van der Waals surface area contributed by atoms with Crippen LogP contribution in [0, 0.1) is 0 Å². The summed E-state index contributed by atoms with van der Waals surface area (Å²) < 4.78 is 0. The first-order chi connectivity index (χ1) is 9.50. The molecule has 0 aliphatic carbocycles. The summed E-state index contributed by atoms with van der Waals surface area (Å²) >= 11 is 1.42. The Morgan fingerprint density at radius 1 is 0.950 bits per heavy atom. The van der Waals surface area contributed by atoms with Gasteiger partial charge in [-0.1, -0.05) is 6.07 Å². The standard InChI is InChI=1S/C15H16N2O2S/c1-11(18)16(2)12-6-8-13(9-7-12)17(3)15(19)14-5-4-10-20-14/h4-10H,1-3H3. The van der Waals surface area contributed by atoms with Crippen LogP contribution in [-0.2, 0) is 4.79 Å². The molecule has 0 N–H and O–H groups in total. The van der Waals surface area contributed by atoms with Gasteiger partial charge in [-0.25, -0.2) is 0 Å². The first kappa shape index (κ1) is 14.3. The average molecular weight is 288 g/mol. The Labute approximate surface area is 122 Å². The fourth-order valence-corrected chi connectivity index (χ4v) is 2.46. The highest BCUT2D eigenvalue weighted by Crippen LogP contribution is 2.22. The van der Waals surface area contributed by atoms with Crippen LogP contribution >= 0.6 is 11.3 Å². The van der Waals surface area contributed by atoms with Gasteiger partial charge in [0, 0.05) is 32.4 Å². The van der Waals surface area contributed by atoms with Crippen LogP contribution in [0.5, 0.6) is 0 Å². The minimum atomic E-state index is -0.0346. The lowest BCUT2D eigenvalue weighted by atomic mass is 10.2. The highest BCUT2D eigenvalue weighted by molar-refractivity contribution is 7.12. The summed E-state index contributed by atoms with van der Waals surface area (Å²) in [5, 5.41) is 1.88. The summed E-state index contributed by atoms with van der Waals surface area (Å²) in [5.74, 6) is -0.0616. The van der Waals surface area contributed by atoms with Crippen LogP contribution in [0.2, 0.25) is 0 Å². The number of hydrogen-bond donors (Lipinski definition) is 0. The van der Waals surface area contributed by atoms with Gasteiger partial charge in [-0.15, -0.1) is 11.3 Å². The Hall–Kier alpha value is -2.14. The number of rotatable bonds is 3. The predicted octanol–water partition coefficient (Wildman–Crippen LogP) is 3.01. The smallest absolute Gasteiger partial charge is 0.268 e. The molecule has 1 aromatic heterocycles. The Morgan fingerprint density at radius 2 is 1.50 bits per heavy atom. The molecule has 0 atom stereocenters. The fourth-order valence-electron chi connectivity index (χ4n) is 1.76. The van der Waals surface area contributed by atoms with E-state index in [1.165, 1.54) is 18.3 Å². The first-order valence-corrected chi connectivity index (χ1v) is 7.04. The van der Waals surface area contributed by atoms with Crippen LogP contribution in [-0.4, -0.2) is 25.9 Å². The topological polar surface area (TPSA) is 40.6 Å². The minimum Gasteiger partial charge on any atom is -0.316 e. The fraction of sp³-hybridized carbons (Fsp3) is 0.200. The number of hydrogen-bond acceptors (Lipinski definition) is 3. The number of benzene rings is 1. The van der Waals surface area contributed by atoms with Crippen molar-refractivity contribution in [1.29, 1.82) is 0 Å². The molecule has 5 heteroatoms. The Morgan fingerprint density at radius 3 is 1.95 bits per heavy atom. The minimum absolute atomic E-state index is 0.0271. The third-order valence-corrected chi connectivity index (χ3v) is 3.99. The summed E-state index contributed by atoms with van der Waals surface area (Å²) in [6.45, 7) is 1.51. The number of carbonyl (C=O) groups is 2. The van der Waals surface area contributed by atoms with E-state index in [0.717, 1.165) is 11.4 Å². The zero-order valence-electron chi connectivity index (χ0n) is 11.7. The predicted molar refractivity (Wildman–Crippen MR) is 82.6 cm³/mol. The van der Waals surface area contributed by atoms with Crippen molar-refractivity contribution in [3.63, 3.8) is 0 Å². The van der Waals surface area contributed by atoms with Gasteiger partial charge in [-0.05, 0) is 35.7 Å². The molecule has 2 aromatic rings. The second-order valence-corrected chi connectivity index (χ2v) is 5.38. The average Bonchev–Trinajstić information content (AvgIpc) is 2.99. The molecule has 0 radical (unpaired) electrons. The molecule has 20 heavy (non-hydrogen) atoms. The monoisotopic (exact) mass is 288 g/mol. The molecule has 2 rings (SSSR count). The first-order valence-electron chi connectivity index (χ1n) is 6.16. The van der Waals surface area contributed by atoms with E-state index in [4.69, 9.17) is 0 Å². The molecule has 0 spiro atoms. The molecule has 0 aliphatic heterocycles. The maximum absolute atomic E-state index is 12.2. The zero-order valence-corrected chi connectivity index (χ0v) is 12.5. The summed E-state index contributed by atoms with van der Waals surface area (Å²) in [7, 11) is 3.46. The molecule has 0 aliphatic rings. The highest BCUT2D eigenvalue weighted by Gasteiger charge is 2.14. The van der Waals surface area contributed by atoms with Crippen molar-refractivity contribution in [3.8, 4) is 0 Å². The van der Waals surface area contributed by atoms with E-state index < -0.39 is 0 Å². The third kappa shape index (κ3) is 2.88. The largest absolute Gasteiger partial charge is 0.316 e. The van der Waals surface area contributed by atoms with Crippen LogP contribution in [0.4, 0.5) is 11.4 Å². The van der Waals surface area contributed by atoms with Crippen LogP contribution in [0.1, 0.15) is 16.6 Å². The maximum Gasteiger partial charge on any atom is 0.268 e. The molecule has 0 fully saturated rings. The molecule has 0 saturated carbocycles. The van der Waals surface area contributed by atoms with Crippen molar-refractivity contribution in [1.82, 2.24) is 0 Å². The van der Waals surface area contributed by atoms with Gasteiger partial charge in [0.2, 0.25) is 5.91 Å². The highest BCUT2D eigenvalue weighted by atomic mass is 32.1. The lowest BCUT2D eigenvalue weighted by Crippen LogP contribution is -2.26. The third-order valence-electron chi connectivity index (χ3n) is 3.13. The summed E-state index contributed by atoms with van der Waals surface area (Å²) in [5.41, 5.74) is 1.60. The van der Waals surface area contributed by atoms with E-state index >= 15 is 0 Å². The zero-order chi connectivity index (χ0) is 14.7. The Kier molecular flexibility index (Phi) is 4.20. The number of thiophene rings is 1.